The number of aliphatic hydroxyl groups is 1. The van der Waals surface area contributed by atoms with Crippen LogP contribution in [0.15, 0.2) is 54.1 Å². The van der Waals surface area contributed by atoms with E-state index >= 15 is 0 Å². The van der Waals surface area contributed by atoms with E-state index in [1.165, 1.54) is 44.1 Å². The number of hydrogen-bond acceptors (Lipinski definition) is 16. The molecule has 3 heterocycles. The fraction of sp³-hybridized carbons (Fsp3) is 0.627. The molecule has 5 rings (SSSR count). The molecule has 0 aliphatic carbocycles. The fourth-order valence-corrected chi connectivity index (χ4v) is 12.1. The van der Waals surface area contributed by atoms with Gasteiger partial charge in [0.2, 0.25) is 11.8 Å². The van der Waals surface area contributed by atoms with Gasteiger partial charge in [0.1, 0.15) is 52.1 Å². The van der Waals surface area contributed by atoms with Crippen LogP contribution in [0.2, 0.25) is 5.02 Å². The molecule has 0 saturated carbocycles. The Balaban J connectivity index is 1.32. The summed E-state index contributed by atoms with van der Waals surface area (Å²) < 4.78 is 35.5. The number of ether oxygens (including phenoxy) is 6. The number of anilines is 1. The van der Waals surface area contributed by atoms with Gasteiger partial charge in [0.15, 0.2) is 5.78 Å². The Morgan fingerprint density at radius 2 is 1.66 bits per heavy atom. The lowest BCUT2D eigenvalue weighted by Crippen LogP contribution is -2.53. The minimum Gasteiger partial charge on any atom is -0.495 e. The normalized spacial score (nSPS) is 24.4. The van der Waals surface area contributed by atoms with Crippen molar-refractivity contribution in [3.8, 4) is 5.75 Å². The highest BCUT2D eigenvalue weighted by molar-refractivity contribution is 6.35. The summed E-state index contributed by atoms with van der Waals surface area (Å²) in [6.45, 7) is 18.2. The van der Waals surface area contributed by atoms with Crippen molar-refractivity contribution < 1.29 is 76.7 Å². The monoisotopic (exact) mass is 1260 g/mol. The van der Waals surface area contributed by atoms with Gasteiger partial charge in [0.25, 0.3) is 5.91 Å². The number of nitrogens with one attached hydrogen (secondary N) is 2. The third-order valence-electron chi connectivity index (χ3n) is 17.9. The molecule has 0 aromatic heterocycles. The summed E-state index contributed by atoms with van der Waals surface area (Å²) in [4.78, 5) is 125. The molecule has 2 aromatic rings. The minimum absolute atomic E-state index is 0.0118. The van der Waals surface area contributed by atoms with Crippen LogP contribution in [0.25, 0.3) is 0 Å². The molecule has 492 valence electrons. The molecule has 3 aliphatic heterocycles. The number of urea groups is 1. The van der Waals surface area contributed by atoms with E-state index in [-0.39, 0.29) is 91.1 Å². The first-order chi connectivity index (χ1) is 41.9. The molecule has 89 heavy (non-hydrogen) atoms. The maximum absolute atomic E-state index is 14.6. The molecule has 22 heteroatoms. The molecular weight excluding hydrogens is 1170 g/mol. The lowest BCUT2D eigenvalue weighted by molar-refractivity contribution is -0.187. The number of aryl methyl sites for hydroxylation is 1. The third-order valence-corrected chi connectivity index (χ3v) is 18.3. The zero-order chi connectivity index (χ0) is 66.2. The average molecular weight is 1260 g/mol. The van der Waals surface area contributed by atoms with Crippen molar-refractivity contribution in [3.63, 3.8) is 0 Å². The van der Waals surface area contributed by atoms with Crippen LogP contribution in [-0.4, -0.2) is 152 Å². The Labute approximate surface area is 529 Å². The van der Waals surface area contributed by atoms with Gasteiger partial charge in [-0.05, 0) is 133 Å². The Morgan fingerprint density at radius 3 is 2.29 bits per heavy atom. The van der Waals surface area contributed by atoms with Crippen LogP contribution >= 0.6 is 11.6 Å². The number of benzene rings is 2. The summed E-state index contributed by atoms with van der Waals surface area (Å²) in [5, 5.41) is 17.6. The molecule has 21 nitrogen and oxygen atoms in total. The summed E-state index contributed by atoms with van der Waals surface area (Å²) in [7, 11) is 5.89. The van der Waals surface area contributed by atoms with E-state index in [2.05, 4.69) is 10.6 Å². The van der Waals surface area contributed by atoms with Crippen molar-refractivity contribution >= 4 is 70.5 Å². The number of nitrogens with zero attached hydrogens (tertiary/aromatic N) is 2. The number of allylic oxidation sites excluding steroid dienone is 3. The molecule has 2 aromatic carbocycles. The van der Waals surface area contributed by atoms with Gasteiger partial charge in [-0.15, -0.1) is 0 Å². The molecule has 0 radical (unpaired) electrons. The summed E-state index contributed by atoms with van der Waals surface area (Å²) in [5.41, 5.74) is 5.62. The van der Waals surface area contributed by atoms with Crippen LogP contribution in [0.3, 0.4) is 0 Å². The number of carbonyl (C=O) groups excluding carboxylic acids is 9. The number of halogens is 1. The Kier molecular flexibility index (Phi) is 27.0. The van der Waals surface area contributed by atoms with Gasteiger partial charge in [-0.3, -0.25) is 33.6 Å². The SMILES string of the molecule is CCC(CC)C(=O)OC(C)CCCCC(=O)C[C@H](C(=O)N[C@@H](CCCNC(N)=O)C(=O)Cc1ccc(C(=O)N(C)[C@@H](C)C(=O)O[C@H]2CC(=O)N(C)c3cc(cc(OC)c3Cl)C/C(C)=C/C=C/[C@@H](OC)[C@]3(O)CC(=O)O[C@@H](C3)[C@@H](C)[C@@H]3O[C@@]23C)cc1C)C(C)C. The second-order valence-corrected chi connectivity index (χ2v) is 25.4. The number of carbonyl (C=O) groups is 9. The molecule has 5 amide bonds. The molecular formula is C67H96ClN5O16. The molecule has 5 N–H and O–H groups in total. The van der Waals surface area contributed by atoms with Gasteiger partial charge in [-0.2, -0.15) is 0 Å². The van der Waals surface area contributed by atoms with E-state index in [0.29, 0.717) is 67.5 Å². The molecule has 0 spiro atoms. The first-order valence-corrected chi connectivity index (χ1v) is 31.5. The van der Waals surface area contributed by atoms with Gasteiger partial charge in [0, 0.05) is 70.8 Å². The largest absolute Gasteiger partial charge is 0.495 e. The lowest BCUT2D eigenvalue weighted by Gasteiger charge is -2.41. The number of rotatable bonds is 27. The average Bonchev–Trinajstić information content (AvgIpc) is 1.59. The van der Waals surface area contributed by atoms with Gasteiger partial charge < -0.3 is 59.7 Å². The second kappa shape index (κ2) is 32.9. The predicted octanol–water partition coefficient (Wildman–Crippen LogP) is 8.59. The van der Waals surface area contributed by atoms with E-state index < -0.39 is 102 Å². The number of amides is 5. The number of unbranched alkanes of at least 4 members (excludes halogenated alkanes) is 1. The van der Waals surface area contributed by atoms with E-state index in [0.717, 1.165) is 11.1 Å². The van der Waals surface area contributed by atoms with E-state index in [9.17, 15) is 48.3 Å². The number of hydrogen-bond donors (Lipinski definition) is 4. The Hall–Kier alpha value is -6.68. The van der Waals surface area contributed by atoms with Crippen LogP contribution in [0.4, 0.5) is 10.5 Å². The zero-order valence-electron chi connectivity index (χ0n) is 54.5. The number of fused-ring (bicyclic) bond motifs is 5. The standard InChI is InChI=1S/C67H96ClN5O16/c1-15-45(16-2)64(81)86-41(7)22-17-18-23-48(74)34-49(38(3)4)61(78)71-50(24-20-28-70-65(69)82)52(75)33-46-26-27-47(30-40(46)6)62(79)72(11)43(9)63(80)88-56-35-57(76)73(12)51-31-44(32-53(84-13)59(51)68)29-39(5)21-19-25-55(85-14)67(83)36-54(87-58(77)37-67)42(8)60-66(56,10)89-60/h19,21,25-27,30-32,38,41-43,45,49-50,54-56,60,83H,15-18,20,22-24,28-29,33-37H2,1-14H3,(H,71,78)(H3,69,70,82)/b25-19+,39-21+/t41?,42-,43+,49+,50+,54+,55-,56+,60+,66+,67-/m1/s1. The van der Waals surface area contributed by atoms with Crippen molar-refractivity contribution in [2.45, 2.75) is 213 Å². The Bertz CT molecular complexity index is 2940. The van der Waals surface area contributed by atoms with Gasteiger partial charge in [-0.25, -0.2) is 9.59 Å². The summed E-state index contributed by atoms with van der Waals surface area (Å²) >= 11 is 6.87. The fourth-order valence-electron chi connectivity index (χ4n) is 11.8. The maximum atomic E-state index is 14.6. The molecule has 3 aliphatic rings. The number of esters is 3. The topological polar surface area (TPSA) is 289 Å². The van der Waals surface area contributed by atoms with Crippen molar-refractivity contribution in [2.75, 3.05) is 39.8 Å². The van der Waals surface area contributed by atoms with Gasteiger partial charge in [0.05, 0.1) is 49.8 Å². The highest BCUT2D eigenvalue weighted by Crippen LogP contribution is 2.50. The zero-order valence-corrected chi connectivity index (χ0v) is 55.3. The molecule has 2 fully saturated rings. The number of methoxy groups -OCH3 is 2. The van der Waals surface area contributed by atoms with Crippen molar-refractivity contribution in [1.29, 1.82) is 0 Å². The summed E-state index contributed by atoms with van der Waals surface area (Å²) in [5.74, 6) is -5.06. The molecule has 2 saturated heterocycles. The highest BCUT2D eigenvalue weighted by atomic mass is 35.5. The summed E-state index contributed by atoms with van der Waals surface area (Å²) in [6.07, 6.45) is 4.64. The maximum Gasteiger partial charge on any atom is 0.328 e. The summed E-state index contributed by atoms with van der Waals surface area (Å²) in [6, 6.07) is 5.32. The van der Waals surface area contributed by atoms with Gasteiger partial charge >= 0.3 is 23.9 Å². The van der Waals surface area contributed by atoms with Crippen LogP contribution in [-0.2, 0) is 70.1 Å². The molecule has 11 atom stereocenters. The second-order valence-electron chi connectivity index (χ2n) is 25.0. The number of epoxide rings is 1. The number of Topliss-reactive ketones (excluding diaryl/α,β-unsaturated/α-hetero) is 2. The van der Waals surface area contributed by atoms with Crippen LogP contribution in [0.1, 0.15) is 166 Å². The molecule has 1 unspecified atom stereocenters. The number of nitrogens with two attached hydrogens (primary N) is 1. The minimum atomic E-state index is -1.66. The van der Waals surface area contributed by atoms with Gasteiger partial charge in [-0.1, -0.05) is 76.1 Å². The van der Waals surface area contributed by atoms with Crippen LogP contribution in [0.5, 0.6) is 5.75 Å². The van der Waals surface area contributed by atoms with Crippen molar-refractivity contribution in [1.82, 2.24) is 15.5 Å². The predicted molar refractivity (Wildman–Crippen MR) is 336 cm³/mol. The van der Waals surface area contributed by atoms with E-state index in [1.54, 1.807) is 64.2 Å². The number of primary amides is 1. The third kappa shape index (κ3) is 19.7. The smallest absolute Gasteiger partial charge is 0.328 e. The van der Waals surface area contributed by atoms with Crippen molar-refractivity contribution in [2.24, 2.45) is 29.4 Å². The highest BCUT2D eigenvalue weighted by Gasteiger charge is 2.64. The quantitative estimate of drug-likeness (QED) is 0.0282. The van der Waals surface area contributed by atoms with Crippen LogP contribution in [0, 0.1) is 30.6 Å². The Morgan fingerprint density at radius 1 is 0.966 bits per heavy atom. The van der Waals surface area contributed by atoms with Crippen LogP contribution < -0.4 is 26.0 Å². The lowest BCUT2D eigenvalue weighted by atomic mass is 9.78. The number of likely N-dealkylation sites (N-methyl/N-ethyl adjacent to an activating group) is 1. The first kappa shape index (κ1) is 73.1. The van der Waals surface area contributed by atoms with Crippen molar-refractivity contribution in [3.05, 3.63) is 81.4 Å². The van der Waals surface area contributed by atoms with E-state index in [4.69, 9.17) is 45.8 Å². The molecule has 4 bridgehead atoms. The number of ketones is 2. The van der Waals surface area contributed by atoms with E-state index in [1.807, 2.05) is 47.6 Å². The first-order valence-electron chi connectivity index (χ1n) is 31.2.